The van der Waals surface area contributed by atoms with Gasteiger partial charge in [0.15, 0.2) is 11.5 Å². The first-order chi connectivity index (χ1) is 12.3. The summed E-state index contributed by atoms with van der Waals surface area (Å²) in [5, 5.41) is 16.7. The largest absolute Gasteiger partial charge is 0.546 e. The Morgan fingerprint density at radius 3 is 2.54 bits per heavy atom. The number of rotatable bonds is 9. The second kappa shape index (κ2) is 10.7. The van der Waals surface area contributed by atoms with Crippen LogP contribution in [0.25, 0.3) is 0 Å². The number of hydrogen-bond acceptors (Lipinski definition) is 7. The zero-order chi connectivity index (χ0) is 19.5. The molecule has 0 aliphatic heterocycles. The van der Waals surface area contributed by atoms with E-state index in [-0.39, 0.29) is 11.7 Å². The van der Waals surface area contributed by atoms with Crippen LogP contribution in [0, 0.1) is 5.92 Å². The Morgan fingerprint density at radius 2 is 1.92 bits per heavy atom. The quantitative estimate of drug-likeness (QED) is 0.343. The second-order valence-corrected chi connectivity index (χ2v) is 5.60. The van der Waals surface area contributed by atoms with Gasteiger partial charge in [-0.05, 0) is 36.6 Å². The molecule has 1 aromatic carbocycles. The van der Waals surface area contributed by atoms with E-state index in [9.17, 15) is 19.5 Å². The van der Waals surface area contributed by atoms with Gasteiger partial charge in [-0.25, -0.2) is 5.43 Å². The van der Waals surface area contributed by atoms with E-state index in [1.807, 2.05) is 13.8 Å². The summed E-state index contributed by atoms with van der Waals surface area (Å²) in [4.78, 5) is 33.6. The molecular weight excluding hydrogens is 342 g/mol. The van der Waals surface area contributed by atoms with E-state index < -0.39 is 24.4 Å². The smallest absolute Gasteiger partial charge is 0.329 e. The fourth-order valence-electron chi connectivity index (χ4n) is 1.72. The molecule has 0 radical (unpaired) electrons. The number of hydrogen-bond donors (Lipinski definition) is 2. The van der Waals surface area contributed by atoms with Crippen LogP contribution in [0.4, 0.5) is 0 Å². The Kier molecular flexibility index (Phi) is 8.62. The molecule has 9 nitrogen and oxygen atoms in total. The fourth-order valence-corrected chi connectivity index (χ4v) is 1.72. The molecule has 2 amide bonds. The summed E-state index contributed by atoms with van der Waals surface area (Å²) < 4.78 is 10.5. The number of benzene rings is 1. The number of amides is 2. The molecule has 0 aliphatic carbocycles. The maximum atomic E-state index is 11.6. The van der Waals surface area contributed by atoms with Crippen molar-refractivity contribution in [3.8, 4) is 11.5 Å². The Hall–Kier alpha value is -3.10. The third kappa shape index (κ3) is 7.65. The van der Waals surface area contributed by atoms with Gasteiger partial charge in [-0.1, -0.05) is 13.8 Å². The predicted octanol–water partition coefficient (Wildman–Crippen LogP) is -0.564. The first-order valence-corrected chi connectivity index (χ1v) is 8.04. The van der Waals surface area contributed by atoms with Crippen LogP contribution in [0.5, 0.6) is 11.5 Å². The molecule has 0 bridgehead atoms. The highest BCUT2D eigenvalue weighted by molar-refractivity contribution is 6.35. The number of carbonyl (C=O) groups excluding carboxylic acids is 3. The Labute approximate surface area is 151 Å². The van der Waals surface area contributed by atoms with Crippen LogP contribution in [0.3, 0.4) is 0 Å². The van der Waals surface area contributed by atoms with Crippen molar-refractivity contribution in [2.24, 2.45) is 11.0 Å². The summed E-state index contributed by atoms with van der Waals surface area (Å²) >= 11 is 0. The number of carboxylic acids is 1. The Morgan fingerprint density at radius 1 is 1.19 bits per heavy atom. The third-order valence-corrected chi connectivity index (χ3v) is 2.87. The summed E-state index contributed by atoms with van der Waals surface area (Å²) in [5.74, 6) is -2.21. The van der Waals surface area contributed by atoms with E-state index in [0.29, 0.717) is 24.5 Å². The van der Waals surface area contributed by atoms with Gasteiger partial charge in [-0.2, -0.15) is 5.10 Å². The van der Waals surface area contributed by atoms with Crippen LogP contribution in [0.1, 0.15) is 26.3 Å². The number of carbonyl (C=O) groups is 3. The van der Waals surface area contributed by atoms with E-state index in [2.05, 4.69) is 15.8 Å². The van der Waals surface area contributed by atoms with Crippen LogP contribution in [0.15, 0.2) is 23.3 Å². The van der Waals surface area contributed by atoms with Crippen molar-refractivity contribution in [2.75, 3.05) is 19.8 Å². The molecule has 1 rings (SSSR count). The van der Waals surface area contributed by atoms with Gasteiger partial charge in [0.1, 0.15) is 6.61 Å². The van der Waals surface area contributed by atoms with Crippen LogP contribution in [0.2, 0.25) is 0 Å². The zero-order valence-corrected chi connectivity index (χ0v) is 14.9. The second-order valence-electron chi connectivity index (χ2n) is 5.60. The van der Waals surface area contributed by atoms with Crippen LogP contribution in [-0.4, -0.2) is 43.8 Å². The van der Waals surface area contributed by atoms with Crippen LogP contribution >= 0.6 is 0 Å². The normalized spacial score (nSPS) is 10.6. The van der Waals surface area contributed by atoms with Gasteiger partial charge in [-0.3, -0.25) is 9.59 Å². The van der Waals surface area contributed by atoms with Gasteiger partial charge in [0, 0.05) is 6.54 Å². The summed E-state index contributed by atoms with van der Waals surface area (Å²) in [7, 11) is 0. The predicted molar refractivity (Wildman–Crippen MR) is 91.7 cm³/mol. The molecule has 0 aliphatic rings. The molecule has 142 valence electrons. The van der Waals surface area contributed by atoms with Crippen LogP contribution in [-0.2, 0) is 14.4 Å². The van der Waals surface area contributed by atoms with Crippen molar-refractivity contribution in [1.82, 2.24) is 10.7 Å². The topological polar surface area (TPSA) is 129 Å². The van der Waals surface area contributed by atoms with Crippen molar-refractivity contribution < 1.29 is 29.0 Å². The number of ether oxygens (including phenoxy) is 2. The molecule has 0 saturated heterocycles. The maximum Gasteiger partial charge on any atom is 0.329 e. The lowest BCUT2D eigenvalue weighted by molar-refractivity contribution is -0.307. The van der Waals surface area contributed by atoms with Crippen LogP contribution < -0.4 is 25.3 Å². The van der Waals surface area contributed by atoms with E-state index >= 15 is 0 Å². The van der Waals surface area contributed by atoms with Gasteiger partial charge in [0.2, 0.25) is 0 Å². The number of nitrogens with zero attached hydrogens (tertiary/aromatic N) is 1. The van der Waals surface area contributed by atoms with Gasteiger partial charge < -0.3 is 24.7 Å². The minimum absolute atomic E-state index is 0.227. The first kappa shape index (κ1) is 20.9. The third-order valence-electron chi connectivity index (χ3n) is 2.87. The maximum absolute atomic E-state index is 11.6. The molecule has 0 aromatic heterocycles. The van der Waals surface area contributed by atoms with Crippen molar-refractivity contribution in [2.45, 2.75) is 20.8 Å². The first-order valence-electron chi connectivity index (χ1n) is 8.04. The molecule has 26 heavy (non-hydrogen) atoms. The van der Waals surface area contributed by atoms with Crippen molar-refractivity contribution in [3.63, 3.8) is 0 Å². The summed E-state index contributed by atoms with van der Waals surface area (Å²) in [6.07, 6.45) is 1.32. The van der Waals surface area contributed by atoms with Crippen molar-refractivity contribution in [1.29, 1.82) is 0 Å². The summed E-state index contributed by atoms with van der Waals surface area (Å²) in [5.41, 5.74) is 2.67. The average Bonchev–Trinajstić information content (AvgIpc) is 2.58. The van der Waals surface area contributed by atoms with E-state index in [1.54, 1.807) is 19.1 Å². The Balaban J connectivity index is 2.69. The molecular formula is C17H22N3O6-. The van der Waals surface area contributed by atoms with E-state index in [0.717, 1.165) is 0 Å². The van der Waals surface area contributed by atoms with Gasteiger partial charge in [0.05, 0.1) is 18.8 Å². The molecule has 0 spiro atoms. The minimum Gasteiger partial charge on any atom is -0.546 e. The molecule has 0 atom stereocenters. The van der Waals surface area contributed by atoms with Crippen molar-refractivity contribution >= 4 is 24.0 Å². The molecule has 0 fully saturated rings. The van der Waals surface area contributed by atoms with Gasteiger partial charge >= 0.3 is 11.8 Å². The molecule has 0 heterocycles. The molecule has 2 N–H and O–H groups in total. The standard InChI is InChI=1S/C17H23N3O6/c1-4-25-14-7-12(5-6-13(14)26-10-15(21)22)9-19-20-17(24)16(23)18-8-11(2)3/h5-7,9,11H,4,8,10H2,1-3H3,(H,18,23)(H,20,24)(H,21,22)/p-1/b19-9-. The number of hydrazone groups is 1. The number of nitrogens with one attached hydrogen (secondary N) is 2. The van der Waals surface area contributed by atoms with Gasteiger partial charge in [-0.15, -0.1) is 0 Å². The monoisotopic (exact) mass is 364 g/mol. The molecule has 0 unspecified atom stereocenters. The highest BCUT2D eigenvalue weighted by Crippen LogP contribution is 2.27. The average molecular weight is 364 g/mol. The summed E-state index contributed by atoms with van der Waals surface area (Å²) in [6, 6.07) is 4.65. The highest BCUT2D eigenvalue weighted by Gasteiger charge is 2.12. The van der Waals surface area contributed by atoms with E-state index in [4.69, 9.17) is 9.47 Å². The SMILES string of the molecule is CCOc1cc(/C=N\NC(=O)C(=O)NCC(C)C)ccc1OCC(=O)[O-]. The number of aliphatic carboxylic acids is 1. The molecule has 1 aromatic rings. The fraction of sp³-hybridized carbons (Fsp3) is 0.412. The summed E-state index contributed by atoms with van der Waals surface area (Å²) in [6.45, 7) is 5.71. The van der Waals surface area contributed by atoms with Gasteiger partial charge in [0.25, 0.3) is 0 Å². The minimum atomic E-state index is -1.35. The lowest BCUT2D eigenvalue weighted by atomic mass is 10.2. The lowest BCUT2D eigenvalue weighted by Gasteiger charge is -2.12. The Bertz CT molecular complexity index is 672. The molecule has 0 saturated carbocycles. The lowest BCUT2D eigenvalue weighted by Crippen LogP contribution is -2.39. The van der Waals surface area contributed by atoms with E-state index in [1.165, 1.54) is 12.3 Å². The van der Waals surface area contributed by atoms with Crippen molar-refractivity contribution in [3.05, 3.63) is 23.8 Å². The molecule has 9 heteroatoms. The highest BCUT2D eigenvalue weighted by atomic mass is 16.5. The zero-order valence-electron chi connectivity index (χ0n) is 14.9. The number of carboxylic acid groups (broad SMARTS) is 1.